The lowest BCUT2D eigenvalue weighted by Crippen LogP contribution is -2.57. The Morgan fingerprint density at radius 3 is 2.55 bits per heavy atom. The smallest absolute Gasteiger partial charge is 0.249 e. The van der Waals surface area contributed by atoms with Crippen LogP contribution in [0.4, 0.5) is 0 Å². The normalized spacial score (nSPS) is 36.7. The van der Waals surface area contributed by atoms with Crippen LogP contribution < -0.4 is 0 Å². The minimum absolute atomic E-state index is 0.0588. The van der Waals surface area contributed by atoms with E-state index in [1.54, 1.807) is 4.90 Å². The van der Waals surface area contributed by atoms with Gasteiger partial charge in [-0.25, -0.2) is 0 Å². The summed E-state index contributed by atoms with van der Waals surface area (Å²) >= 11 is 0. The van der Waals surface area contributed by atoms with Gasteiger partial charge in [-0.3, -0.25) is 14.4 Å². The first-order valence-corrected chi connectivity index (χ1v) is 12.6. The van der Waals surface area contributed by atoms with Crippen LogP contribution in [0.25, 0.3) is 0 Å². The maximum Gasteiger partial charge on any atom is 0.249 e. The topological polar surface area (TPSA) is 90.4 Å². The molecule has 3 fully saturated rings. The van der Waals surface area contributed by atoms with E-state index in [-0.39, 0.29) is 36.9 Å². The highest BCUT2D eigenvalue weighted by atomic mass is 16.5. The number of amides is 3. The van der Waals surface area contributed by atoms with Crippen molar-refractivity contribution in [3.05, 3.63) is 24.3 Å². The van der Waals surface area contributed by atoms with Gasteiger partial charge in [-0.05, 0) is 19.3 Å². The Morgan fingerprint density at radius 1 is 1.03 bits per heavy atom. The molecular weight excluding hydrogens is 422 g/mol. The molecular formula is C25H35N3O5. The molecule has 1 unspecified atom stereocenters. The van der Waals surface area contributed by atoms with Gasteiger partial charge in [-0.2, -0.15) is 0 Å². The van der Waals surface area contributed by atoms with Crippen molar-refractivity contribution in [1.82, 2.24) is 14.7 Å². The van der Waals surface area contributed by atoms with E-state index in [4.69, 9.17) is 4.74 Å². The van der Waals surface area contributed by atoms with Gasteiger partial charge in [0.25, 0.3) is 0 Å². The standard InChI is InChI=1S/C25H35N3O5/c1-2-12-26-13-6-10-18-19(22(26)30)20-23(31)28(15-16-29)21-24(32)27(17-8-4-3-5-9-17)14-7-11-25(20,21)33-18/h6-7,10-11,17-21,29H,2-5,8-9,12-16H2,1H3/t18-,19+,20+,21?,25+/m1/s1. The second-order valence-electron chi connectivity index (χ2n) is 9.99. The average Bonchev–Trinajstić information content (AvgIpc) is 3.12. The number of hydrogen-bond acceptors (Lipinski definition) is 5. The maximum absolute atomic E-state index is 14.0. The third kappa shape index (κ3) is 3.44. The van der Waals surface area contributed by atoms with Crippen LogP contribution in [0, 0.1) is 11.8 Å². The van der Waals surface area contributed by atoms with Gasteiger partial charge in [0.1, 0.15) is 11.6 Å². The summed E-state index contributed by atoms with van der Waals surface area (Å²) in [7, 11) is 0. The Morgan fingerprint density at radius 2 is 1.82 bits per heavy atom. The summed E-state index contributed by atoms with van der Waals surface area (Å²) in [5.74, 6) is -1.88. The molecule has 33 heavy (non-hydrogen) atoms. The zero-order chi connectivity index (χ0) is 23.2. The van der Waals surface area contributed by atoms with E-state index in [1.165, 1.54) is 11.3 Å². The number of rotatable bonds is 5. The SMILES string of the molecule is CCCN1CC=C[C@H]2O[C@]34C=CCN(C5CCCCC5)C(=O)C3N(CCO)C(=O)[C@@H]4[C@H]2C1=O. The lowest BCUT2D eigenvalue weighted by molar-refractivity contribution is -0.150. The summed E-state index contributed by atoms with van der Waals surface area (Å²) in [4.78, 5) is 46.6. The first-order valence-electron chi connectivity index (χ1n) is 12.6. The minimum Gasteiger partial charge on any atom is -0.395 e. The van der Waals surface area contributed by atoms with E-state index in [2.05, 4.69) is 0 Å². The van der Waals surface area contributed by atoms with Gasteiger partial charge in [0, 0.05) is 32.2 Å². The van der Waals surface area contributed by atoms with Crippen LogP contribution in [0.1, 0.15) is 45.4 Å². The monoisotopic (exact) mass is 457 g/mol. The summed E-state index contributed by atoms with van der Waals surface area (Å²) in [5.41, 5.74) is -1.18. The minimum atomic E-state index is -1.18. The molecule has 0 aromatic heterocycles. The van der Waals surface area contributed by atoms with E-state index in [9.17, 15) is 19.5 Å². The van der Waals surface area contributed by atoms with Crippen molar-refractivity contribution in [3.8, 4) is 0 Å². The first-order chi connectivity index (χ1) is 16.0. The Hall–Kier alpha value is -2.19. The largest absolute Gasteiger partial charge is 0.395 e. The molecule has 8 heteroatoms. The first kappa shape index (κ1) is 22.6. The van der Waals surface area contributed by atoms with Crippen molar-refractivity contribution in [2.45, 2.75) is 69.2 Å². The van der Waals surface area contributed by atoms with Crippen LogP contribution in [0.3, 0.4) is 0 Å². The lowest BCUT2D eigenvalue weighted by atomic mass is 9.77. The summed E-state index contributed by atoms with van der Waals surface area (Å²) in [6.45, 7) is 3.45. The van der Waals surface area contributed by atoms with Gasteiger partial charge < -0.3 is 24.5 Å². The number of fused-ring (bicyclic) bond motifs is 2. The van der Waals surface area contributed by atoms with Crippen LogP contribution in [0.2, 0.25) is 0 Å². The van der Waals surface area contributed by atoms with Gasteiger partial charge in [0.15, 0.2) is 0 Å². The molecule has 5 aliphatic rings. The quantitative estimate of drug-likeness (QED) is 0.625. The summed E-state index contributed by atoms with van der Waals surface area (Å²) in [6, 6.07) is -0.694. The molecule has 180 valence electrons. The average molecular weight is 458 g/mol. The summed E-state index contributed by atoms with van der Waals surface area (Å²) in [6.07, 6.45) is 13.3. The van der Waals surface area contributed by atoms with Crippen molar-refractivity contribution in [2.75, 3.05) is 32.8 Å². The van der Waals surface area contributed by atoms with E-state index in [0.717, 1.165) is 32.1 Å². The molecule has 0 radical (unpaired) electrons. The number of aliphatic hydroxyl groups is 1. The fourth-order valence-corrected chi connectivity index (χ4v) is 6.75. The third-order valence-corrected chi connectivity index (χ3v) is 8.12. The molecule has 2 saturated heterocycles. The number of β-amino-alcohol motifs (C(OH)–C–C–N with tert-alkyl or cyclic N) is 1. The number of carbonyl (C=O) groups excluding carboxylic acids is 3. The summed E-state index contributed by atoms with van der Waals surface area (Å²) in [5, 5.41) is 9.74. The molecule has 4 aliphatic heterocycles. The zero-order valence-corrected chi connectivity index (χ0v) is 19.4. The third-order valence-electron chi connectivity index (χ3n) is 8.12. The van der Waals surface area contributed by atoms with Crippen molar-refractivity contribution in [3.63, 3.8) is 0 Å². The van der Waals surface area contributed by atoms with Crippen molar-refractivity contribution < 1.29 is 24.2 Å². The number of likely N-dealkylation sites (tertiary alicyclic amines) is 1. The highest BCUT2D eigenvalue weighted by Gasteiger charge is 2.71. The van der Waals surface area contributed by atoms with Crippen LogP contribution in [-0.2, 0) is 19.1 Å². The fraction of sp³-hybridized carbons (Fsp3) is 0.720. The molecule has 1 aliphatic carbocycles. The number of ether oxygens (including phenoxy) is 1. The van der Waals surface area contributed by atoms with Crippen LogP contribution in [0.15, 0.2) is 24.3 Å². The van der Waals surface area contributed by atoms with E-state index < -0.39 is 29.6 Å². The molecule has 8 nitrogen and oxygen atoms in total. The molecule has 0 bridgehead atoms. The molecule has 0 aromatic rings. The Labute approximate surface area is 195 Å². The molecule has 5 atom stereocenters. The van der Waals surface area contributed by atoms with Gasteiger partial charge in [-0.15, -0.1) is 0 Å². The van der Waals surface area contributed by atoms with Gasteiger partial charge in [0.2, 0.25) is 17.7 Å². The predicted molar refractivity (Wildman–Crippen MR) is 121 cm³/mol. The Kier molecular flexibility index (Phi) is 6.07. The molecule has 1 N–H and O–H groups in total. The predicted octanol–water partition coefficient (Wildman–Crippen LogP) is 1.10. The maximum atomic E-state index is 14.0. The zero-order valence-electron chi connectivity index (χ0n) is 19.4. The number of nitrogens with zero attached hydrogens (tertiary/aromatic N) is 3. The number of aliphatic hydroxyl groups excluding tert-OH is 1. The molecule has 1 spiro atoms. The Balaban J connectivity index is 1.55. The van der Waals surface area contributed by atoms with Crippen LogP contribution in [0.5, 0.6) is 0 Å². The van der Waals surface area contributed by atoms with Gasteiger partial charge in [0.05, 0.1) is 24.5 Å². The van der Waals surface area contributed by atoms with Crippen LogP contribution >= 0.6 is 0 Å². The van der Waals surface area contributed by atoms with E-state index >= 15 is 0 Å². The molecule has 1 saturated carbocycles. The highest BCUT2D eigenvalue weighted by Crippen LogP contribution is 2.53. The second kappa shape index (κ2) is 8.87. The van der Waals surface area contributed by atoms with Gasteiger partial charge >= 0.3 is 0 Å². The van der Waals surface area contributed by atoms with Crippen molar-refractivity contribution in [2.24, 2.45) is 11.8 Å². The van der Waals surface area contributed by atoms with E-state index in [1.807, 2.05) is 36.1 Å². The molecule has 3 amide bonds. The second-order valence-corrected chi connectivity index (χ2v) is 9.99. The van der Waals surface area contributed by atoms with E-state index in [0.29, 0.717) is 19.6 Å². The summed E-state index contributed by atoms with van der Waals surface area (Å²) < 4.78 is 6.58. The fourth-order valence-electron chi connectivity index (χ4n) is 6.75. The highest BCUT2D eigenvalue weighted by molar-refractivity contribution is 5.99. The number of hydrogen-bond donors (Lipinski definition) is 1. The van der Waals surface area contributed by atoms with Crippen LogP contribution in [-0.4, -0.2) is 94.1 Å². The molecule has 0 aromatic carbocycles. The van der Waals surface area contributed by atoms with Crippen molar-refractivity contribution >= 4 is 17.7 Å². The number of carbonyl (C=O) groups is 3. The Bertz CT molecular complexity index is 866. The van der Waals surface area contributed by atoms with Crippen molar-refractivity contribution in [1.29, 1.82) is 0 Å². The molecule has 4 heterocycles. The lowest BCUT2D eigenvalue weighted by Gasteiger charge is -2.39. The molecule has 5 rings (SSSR count). The van der Waals surface area contributed by atoms with Gasteiger partial charge in [-0.1, -0.05) is 50.5 Å².